The molecule has 356 valence electrons. The molecule has 1 saturated carbocycles. The van der Waals surface area contributed by atoms with Gasteiger partial charge in [-0.25, -0.2) is 4.57 Å². The minimum absolute atomic E-state index is 0.00730. The fourth-order valence-electron chi connectivity index (χ4n) is 7.20. The van der Waals surface area contributed by atoms with Gasteiger partial charge in [0.05, 0.1) is 31.0 Å². The monoisotopic (exact) mass is 902 g/mol. The Labute approximate surface area is 367 Å². The van der Waals surface area contributed by atoms with Crippen LogP contribution in [0, 0.1) is 11.8 Å². The van der Waals surface area contributed by atoms with Gasteiger partial charge in [0.1, 0.15) is 36.8 Å². The number of Topliss-reactive ketones (excluding diaryl/α,β-unsaturated/α-hetero) is 1. The van der Waals surface area contributed by atoms with E-state index in [4.69, 9.17) is 18.5 Å². The Morgan fingerprint density at radius 2 is 1.53 bits per heavy atom. The molecular formula is C45H75O16P. The summed E-state index contributed by atoms with van der Waals surface area (Å²) in [7, 11) is -5.46. The Bertz CT molecular complexity index is 1450. The summed E-state index contributed by atoms with van der Waals surface area (Å²) in [5, 5.41) is 78.4. The Kier molecular flexibility index (Phi) is 28.0. The maximum atomic E-state index is 13.6. The Balaban J connectivity index is 2.28. The summed E-state index contributed by atoms with van der Waals surface area (Å²) in [5.41, 5.74) is 0. The molecule has 2 bridgehead atoms. The van der Waals surface area contributed by atoms with Crippen LogP contribution in [-0.4, -0.2) is 127 Å². The zero-order valence-corrected chi connectivity index (χ0v) is 37.5. The van der Waals surface area contributed by atoms with Crippen molar-refractivity contribution in [3.8, 4) is 0 Å². The zero-order chi connectivity index (χ0) is 45.9. The third kappa shape index (κ3) is 21.9. The average Bonchev–Trinajstić information content (AvgIpc) is 3.23. The van der Waals surface area contributed by atoms with E-state index in [1.165, 1.54) is 18.2 Å². The van der Waals surface area contributed by atoms with E-state index < -0.39 is 112 Å². The predicted molar refractivity (Wildman–Crippen MR) is 231 cm³/mol. The fourth-order valence-corrected chi connectivity index (χ4v) is 8.18. The van der Waals surface area contributed by atoms with Gasteiger partial charge in [-0.3, -0.25) is 23.4 Å². The van der Waals surface area contributed by atoms with Gasteiger partial charge in [0.15, 0.2) is 6.10 Å². The minimum Gasteiger partial charge on any atom is -0.462 e. The Morgan fingerprint density at radius 1 is 0.839 bits per heavy atom. The lowest BCUT2D eigenvalue weighted by Gasteiger charge is -2.36. The van der Waals surface area contributed by atoms with Crippen molar-refractivity contribution >= 4 is 25.5 Å². The molecule has 1 heterocycles. The molecule has 0 aromatic rings. The SMILES string of the molecule is CCC/C=C\C/C=C\CCCCCCCC(=O)O[C@@H]1COC(=O)CCC/C=C\C[C@H]2C(=O)C[C@@H](O)[C@H](/C=C/[C@@H](O)CCCCC)[C@@H](O)[C@@H](O)[C@@H](OP(=O)(O)OC1)[C@H](O)[C@@H](O)[C@@H]2O. The number of hydrogen-bond acceptors (Lipinski definition) is 15. The molecule has 8 N–H and O–H groups in total. The van der Waals surface area contributed by atoms with Gasteiger partial charge in [-0.2, -0.15) is 0 Å². The van der Waals surface area contributed by atoms with Gasteiger partial charge in [0, 0.05) is 31.1 Å². The summed E-state index contributed by atoms with van der Waals surface area (Å²) < 4.78 is 34.6. The van der Waals surface area contributed by atoms with Crippen molar-refractivity contribution in [1.82, 2.24) is 0 Å². The molecule has 0 spiro atoms. The molecule has 17 heteroatoms. The number of esters is 2. The Hall–Kier alpha value is -2.60. The first-order chi connectivity index (χ1) is 29.6. The lowest BCUT2D eigenvalue weighted by molar-refractivity contribution is -0.166. The summed E-state index contributed by atoms with van der Waals surface area (Å²) in [6.07, 6.45) is 6.91. The normalized spacial score (nSPS) is 32.6. The fraction of sp³-hybridized carbons (Fsp3) is 0.756. The number of unbranched alkanes of at least 4 members (excludes halogenated alkanes) is 8. The maximum Gasteiger partial charge on any atom is 0.472 e. The van der Waals surface area contributed by atoms with E-state index in [-0.39, 0.29) is 19.3 Å². The van der Waals surface area contributed by atoms with E-state index in [2.05, 4.69) is 31.2 Å². The van der Waals surface area contributed by atoms with Gasteiger partial charge in [-0.1, -0.05) is 107 Å². The van der Waals surface area contributed by atoms with Crippen LogP contribution in [0.25, 0.3) is 0 Å². The molecular weight excluding hydrogens is 827 g/mol. The number of rotatable bonds is 19. The topological polar surface area (TPSA) is 267 Å². The van der Waals surface area contributed by atoms with Crippen LogP contribution < -0.4 is 0 Å². The average molecular weight is 903 g/mol. The largest absolute Gasteiger partial charge is 0.472 e. The van der Waals surface area contributed by atoms with Gasteiger partial charge in [0.2, 0.25) is 0 Å². The molecule has 12 atom stereocenters. The molecule has 2 aliphatic rings. The van der Waals surface area contributed by atoms with Crippen molar-refractivity contribution in [1.29, 1.82) is 0 Å². The third-order valence-electron chi connectivity index (χ3n) is 11.0. The summed E-state index contributed by atoms with van der Waals surface area (Å²) in [5.74, 6) is -5.11. The number of hydrogen-bond donors (Lipinski definition) is 8. The van der Waals surface area contributed by atoms with Crippen LogP contribution >= 0.6 is 7.82 Å². The highest BCUT2D eigenvalue weighted by Crippen LogP contribution is 2.47. The van der Waals surface area contributed by atoms with Crippen LogP contribution in [0.5, 0.6) is 0 Å². The number of phosphoric acid groups is 1. The molecule has 0 amide bonds. The lowest BCUT2D eigenvalue weighted by Crippen LogP contribution is -2.55. The van der Waals surface area contributed by atoms with E-state index in [0.29, 0.717) is 32.1 Å². The zero-order valence-electron chi connectivity index (χ0n) is 36.6. The molecule has 1 aliphatic heterocycles. The predicted octanol–water partition coefficient (Wildman–Crippen LogP) is 4.98. The van der Waals surface area contributed by atoms with E-state index in [9.17, 15) is 59.6 Å². The number of carbonyl (C=O) groups is 3. The summed E-state index contributed by atoms with van der Waals surface area (Å²) in [6.45, 7) is 2.69. The van der Waals surface area contributed by atoms with Crippen LogP contribution in [0.3, 0.4) is 0 Å². The van der Waals surface area contributed by atoms with E-state index in [1.807, 2.05) is 6.92 Å². The molecule has 0 aromatic heterocycles. The number of aliphatic hydroxyl groups is 7. The minimum atomic E-state index is -5.46. The molecule has 1 aliphatic carbocycles. The van der Waals surface area contributed by atoms with E-state index in [0.717, 1.165) is 64.2 Å². The van der Waals surface area contributed by atoms with Crippen molar-refractivity contribution in [3.05, 3.63) is 48.6 Å². The van der Waals surface area contributed by atoms with E-state index >= 15 is 0 Å². The van der Waals surface area contributed by atoms with Crippen molar-refractivity contribution in [3.63, 3.8) is 0 Å². The maximum absolute atomic E-state index is 13.6. The van der Waals surface area contributed by atoms with Gasteiger partial charge in [0.25, 0.3) is 0 Å². The standard InChI is InChI=1S/C45H75O16P/c1-3-5-7-8-9-10-11-12-13-14-15-16-22-26-39(50)60-33-30-58-38(49)25-21-18-17-20-24-34-36(47)29-37(48)35(28-27-32(46)23-19-6-4-2)41(52)43(54)45(44(55)42(53)40(34)51)61-62(56,57)59-31-33/h7-8,10-11,17,20,27-28,32-35,37,40-46,48,51-55H,3-6,9,12-16,18-19,21-26,29-31H2,1-2H3,(H,56,57)/b8-7-,11-10-,20-17-,28-27+/t32-,33+,34-,35-,37+,40+,41+,42-,43+,44+,45+/m0/s1. The number of allylic oxidation sites excluding steroid dienone is 6. The van der Waals surface area contributed by atoms with Crippen molar-refractivity contribution in [2.75, 3.05) is 13.2 Å². The van der Waals surface area contributed by atoms with Gasteiger partial charge >= 0.3 is 19.8 Å². The van der Waals surface area contributed by atoms with Crippen LogP contribution in [-0.2, 0) is 37.5 Å². The first-order valence-corrected chi connectivity index (χ1v) is 24.0. The van der Waals surface area contributed by atoms with Crippen molar-refractivity contribution < 1.29 is 78.1 Å². The highest BCUT2D eigenvalue weighted by Gasteiger charge is 2.49. The molecule has 1 unspecified atom stereocenters. The first kappa shape index (κ1) is 55.5. The molecule has 2 rings (SSSR count). The molecule has 62 heavy (non-hydrogen) atoms. The molecule has 0 radical (unpaired) electrons. The van der Waals surface area contributed by atoms with Crippen LogP contribution in [0.4, 0.5) is 0 Å². The van der Waals surface area contributed by atoms with Crippen LogP contribution in [0.2, 0.25) is 0 Å². The number of carbonyl (C=O) groups excluding carboxylic acids is 3. The number of cyclic esters (lactones) is 1. The van der Waals surface area contributed by atoms with E-state index in [1.54, 1.807) is 6.08 Å². The van der Waals surface area contributed by atoms with Crippen molar-refractivity contribution in [2.45, 2.75) is 191 Å². The molecule has 1 fully saturated rings. The van der Waals surface area contributed by atoms with Gasteiger partial charge < -0.3 is 50.1 Å². The second-order valence-electron chi connectivity index (χ2n) is 16.3. The highest BCUT2D eigenvalue weighted by atomic mass is 31.2. The quantitative estimate of drug-likeness (QED) is 0.0368. The molecule has 0 saturated heterocycles. The Morgan fingerprint density at radius 3 is 2.26 bits per heavy atom. The number of ether oxygens (including phenoxy) is 2. The first-order valence-electron chi connectivity index (χ1n) is 22.5. The number of phosphoric ester groups is 1. The number of ketones is 1. The van der Waals surface area contributed by atoms with Crippen molar-refractivity contribution in [2.24, 2.45) is 11.8 Å². The lowest BCUT2D eigenvalue weighted by atomic mass is 9.84. The smallest absolute Gasteiger partial charge is 0.462 e. The number of aliphatic hydroxyl groups excluding tert-OH is 7. The summed E-state index contributed by atoms with van der Waals surface area (Å²) >= 11 is 0. The second kappa shape index (κ2) is 31.3. The van der Waals surface area contributed by atoms with Crippen LogP contribution in [0.15, 0.2) is 48.6 Å². The van der Waals surface area contributed by atoms with Crippen LogP contribution in [0.1, 0.15) is 136 Å². The second-order valence-corrected chi connectivity index (χ2v) is 17.7. The summed E-state index contributed by atoms with van der Waals surface area (Å²) in [6, 6.07) is 0. The van der Waals surface area contributed by atoms with Gasteiger partial charge in [-0.15, -0.1) is 0 Å². The highest BCUT2D eigenvalue weighted by molar-refractivity contribution is 7.47. The third-order valence-corrected chi connectivity index (χ3v) is 12.0. The molecule has 0 aromatic carbocycles. The van der Waals surface area contributed by atoms with Gasteiger partial charge in [-0.05, 0) is 57.8 Å². The molecule has 16 nitrogen and oxygen atoms in total. The number of fused-ring (bicyclic) bond motifs is 4. The summed E-state index contributed by atoms with van der Waals surface area (Å²) in [4.78, 5) is 49.9.